The van der Waals surface area contributed by atoms with E-state index in [4.69, 9.17) is 4.42 Å². The lowest BCUT2D eigenvalue weighted by atomic mass is 9.96. The van der Waals surface area contributed by atoms with Gasteiger partial charge < -0.3 is 9.73 Å². The maximum Gasteiger partial charge on any atom is 0.276 e. The molecule has 106 valence electrons. The predicted octanol–water partition coefficient (Wildman–Crippen LogP) is 3.22. The molecule has 1 aliphatic heterocycles. The van der Waals surface area contributed by atoms with Gasteiger partial charge in [-0.15, -0.1) is 10.2 Å². The van der Waals surface area contributed by atoms with Crippen LogP contribution in [0.5, 0.6) is 0 Å². The number of hydrogen-bond acceptors (Lipinski definition) is 5. The second kappa shape index (κ2) is 6.90. The van der Waals surface area contributed by atoms with Gasteiger partial charge in [-0.3, -0.25) is 0 Å². The fourth-order valence-corrected chi connectivity index (χ4v) is 3.31. The zero-order valence-electron chi connectivity index (χ0n) is 11.4. The summed E-state index contributed by atoms with van der Waals surface area (Å²) in [6.07, 6.45) is 3.81. The number of nitrogens with zero attached hydrogens (tertiary/aromatic N) is 2. The zero-order chi connectivity index (χ0) is 13.6. The van der Waals surface area contributed by atoms with Crippen LogP contribution in [0.3, 0.4) is 0 Å². The van der Waals surface area contributed by atoms with Gasteiger partial charge in [0.05, 0.1) is 0 Å². The molecule has 0 atom stereocenters. The van der Waals surface area contributed by atoms with Crippen molar-refractivity contribution >= 4 is 11.8 Å². The minimum atomic E-state index is 0.606. The van der Waals surface area contributed by atoms with Gasteiger partial charge in [0.2, 0.25) is 5.89 Å². The van der Waals surface area contributed by atoms with Crippen molar-refractivity contribution in [2.75, 3.05) is 18.8 Å². The summed E-state index contributed by atoms with van der Waals surface area (Å²) in [5.41, 5.74) is 0.977. The highest BCUT2D eigenvalue weighted by atomic mass is 32.2. The fourth-order valence-electron chi connectivity index (χ4n) is 2.45. The summed E-state index contributed by atoms with van der Waals surface area (Å²) in [5.74, 6) is 2.51. The molecular formula is C15H19N3OS. The van der Waals surface area contributed by atoms with E-state index in [2.05, 4.69) is 15.5 Å². The van der Waals surface area contributed by atoms with Gasteiger partial charge in [-0.05, 0) is 50.4 Å². The van der Waals surface area contributed by atoms with Crippen LogP contribution < -0.4 is 5.32 Å². The van der Waals surface area contributed by atoms with Crippen LogP contribution in [0.1, 0.15) is 19.3 Å². The number of nitrogens with one attached hydrogen (secondary N) is 1. The van der Waals surface area contributed by atoms with Crippen molar-refractivity contribution in [3.8, 4) is 11.5 Å². The highest BCUT2D eigenvalue weighted by Crippen LogP contribution is 2.25. The van der Waals surface area contributed by atoms with Crippen molar-refractivity contribution in [1.29, 1.82) is 0 Å². The molecule has 1 saturated heterocycles. The monoisotopic (exact) mass is 289 g/mol. The topological polar surface area (TPSA) is 51.0 Å². The molecule has 2 heterocycles. The molecule has 1 aromatic carbocycles. The Morgan fingerprint density at radius 2 is 1.95 bits per heavy atom. The Kier molecular flexibility index (Phi) is 4.71. The lowest BCUT2D eigenvalue weighted by Gasteiger charge is -2.21. The van der Waals surface area contributed by atoms with Gasteiger partial charge in [-0.2, -0.15) is 0 Å². The molecule has 1 aromatic heterocycles. The first-order valence-corrected chi connectivity index (χ1v) is 8.13. The highest BCUT2D eigenvalue weighted by molar-refractivity contribution is 7.99. The quantitative estimate of drug-likeness (QED) is 0.857. The van der Waals surface area contributed by atoms with Gasteiger partial charge in [-0.25, -0.2) is 0 Å². The molecule has 0 aliphatic carbocycles. The molecule has 1 aliphatic rings. The van der Waals surface area contributed by atoms with Crippen molar-refractivity contribution in [3.05, 3.63) is 30.3 Å². The van der Waals surface area contributed by atoms with Crippen LogP contribution in [0.2, 0.25) is 0 Å². The maximum atomic E-state index is 5.69. The van der Waals surface area contributed by atoms with Gasteiger partial charge >= 0.3 is 0 Å². The molecule has 3 rings (SSSR count). The molecule has 0 saturated carbocycles. The van der Waals surface area contributed by atoms with Crippen LogP contribution in [-0.2, 0) is 0 Å². The number of thioether (sulfide) groups is 1. The van der Waals surface area contributed by atoms with E-state index in [1.54, 1.807) is 11.8 Å². The molecule has 1 N–H and O–H groups in total. The summed E-state index contributed by atoms with van der Waals surface area (Å²) in [5, 5.41) is 12.3. The number of piperidine rings is 1. The van der Waals surface area contributed by atoms with Gasteiger partial charge in [0.25, 0.3) is 5.22 Å². The van der Waals surface area contributed by atoms with E-state index >= 15 is 0 Å². The Morgan fingerprint density at radius 3 is 2.75 bits per heavy atom. The Morgan fingerprint density at radius 1 is 1.15 bits per heavy atom. The molecule has 0 bridgehead atoms. The standard InChI is InChI=1S/C15H19N3OS/c1-2-4-13(5-3-1)14-17-18-15(19-14)20-11-8-12-6-9-16-10-7-12/h1-5,12,16H,6-11H2. The summed E-state index contributed by atoms with van der Waals surface area (Å²) >= 11 is 1.67. The van der Waals surface area contributed by atoms with E-state index in [-0.39, 0.29) is 0 Å². The summed E-state index contributed by atoms with van der Waals surface area (Å²) < 4.78 is 5.69. The fraction of sp³-hybridized carbons (Fsp3) is 0.467. The Hall–Kier alpha value is -1.33. The number of rotatable bonds is 5. The molecule has 1 fully saturated rings. The molecule has 4 nitrogen and oxygen atoms in total. The van der Waals surface area contributed by atoms with Crippen LogP contribution >= 0.6 is 11.8 Å². The minimum absolute atomic E-state index is 0.606. The molecule has 0 radical (unpaired) electrons. The lowest BCUT2D eigenvalue weighted by molar-refractivity contribution is 0.367. The Labute approximate surface area is 123 Å². The van der Waals surface area contributed by atoms with E-state index in [1.807, 2.05) is 30.3 Å². The van der Waals surface area contributed by atoms with Crippen molar-refractivity contribution < 1.29 is 4.42 Å². The zero-order valence-corrected chi connectivity index (χ0v) is 12.2. The molecular weight excluding hydrogens is 270 g/mol. The van der Waals surface area contributed by atoms with Crippen LogP contribution in [0.25, 0.3) is 11.5 Å². The summed E-state index contributed by atoms with van der Waals surface area (Å²) in [4.78, 5) is 0. The molecule has 5 heteroatoms. The number of benzene rings is 1. The number of aromatic nitrogens is 2. The van der Waals surface area contributed by atoms with E-state index in [0.29, 0.717) is 11.1 Å². The van der Waals surface area contributed by atoms with Gasteiger partial charge in [-0.1, -0.05) is 30.0 Å². The van der Waals surface area contributed by atoms with Crippen LogP contribution in [-0.4, -0.2) is 29.0 Å². The maximum absolute atomic E-state index is 5.69. The van der Waals surface area contributed by atoms with Crippen molar-refractivity contribution in [3.63, 3.8) is 0 Å². The first kappa shape index (κ1) is 13.6. The average Bonchev–Trinajstić information content (AvgIpc) is 2.98. The van der Waals surface area contributed by atoms with Crippen LogP contribution in [0.15, 0.2) is 40.0 Å². The molecule has 0 amide bonds. The SMILES string of the molecule is c1ccc(-c2nnc(SCCC3CCNCC3)o2)cc1. The Balaban J connectivity index is 1.50. The third-order valence-corrected chi connectivity index (χ3v) is 4.49. The largest absolute Gasteiger partial charge is 0.411 e. The lowest BCUT2D eigenvalue weighted by Crippen LogP contribution is -2.27. The van der Waals surface area contributed by atoms with E-state index in [1.165, 1.54) is 19.3 Å². The molecule has 0 spiro atoms. The van der Waals surface area contributed by atoms with Crippen molar-refractivity contribution in [2.24, 2.45) is 5.92 Å². The highest BCUT2D eigenvalue weighted by Gasteiger charge is 2.14. The third kappa shape index (κ3) is 3.61. The minimum Gasteiger partial charge on any atom is -0.411 e. The third-order valence-electron chi connectivity index (χ3n) is 3.64. The van der Waals surface area contributed by atoms with Crippen LogP contribution in [0, 0.1) is 5.92 Å². The average molecular weight is 289 g/mol. The van der Waals surface area contributed by atoms with E-state index in [9.17, 15) is 0 Å². The summed E-state index contributed by atoms with van der Waals surface area (Å²) in [7, 11) is 0. The van der Waals surface area contributed by atoms with Gasteiger partial charge in [0, 0.05) is 11.3 Å². The second-order valence-corrected chi connectivity index (χ2v) is 6.12. The smallest absolute Gasteiger partial charge is 0.276 e. The first-order chi connectivity index (χ1) is 9.92. The van der Waals surface area contributed by atoms with E-state index in [0.717, 1.165) is 30.3 Å². The second-order valence-electron chi connectivity index (χ2n) is 5.07. The molecule has 2 aromatic rings. The molecule has 0 unspecified atom stereocenters. The van der Waals surface area contributed by atoms with Crippen LogP contribution in [0.4, 0.5) is 0 Å². The Bertz CT molecular complexity index is 523. The summed E-state index contributed by atoms with van der Waals surface area (Å²) in [6.45, 7) is 2.32. The summed E-state index contributed by atoms with van der Waals surface area (Å²) in [6, 6.07) is 9.90. The van der Waals surface area contributed by atoms with Crippen molar-refractivity contribution in [1.82, 2.24) is 15.5 Å². The van der Waals surface area contributed by atoms with Crippen molar-refractivity contribution in [2.45, 2.75) is 24.5 Å². The van der Waals surface area contributed by atoms with Gasteiger partial charge in [0.15, 0.2) is 0 Å². The normalized spacial score (nSPS) is 16.4. The predicted molar refractivity (Wildman–Crippen MR) is 80.7 cm³/mol. The number of hydrogen-bond donors (Lipinski definition) is 1. The van der Waals surface area contributed by atoms with E-state index < -0.39 is 0 Å². The van der Waals surface area contributed by atoms with Gasteiger partial charge in [0.1, 0.15) is 0 Å². The molecule has 20 heavy (non-hydrogen) atoms. The first-order valence-electron chi connectivity index (χ1n) is 7.14.